The van der Waals surface area contributed by atoms with Gasteiger partial charge in [0.05, 0.1) is 0 Å². The van der Waals surface area contributed by atoms with Crippen molar-refractivity contribution in [1.82, 2.24) is 0 Å². The molecular weight excluding hydrogens is 342 g/mol. The summed E-state index contributed by atoms with van der Waals surface area (Å²) < 4.78 is 0. The van der Waals surface area contributed by atoms with E-state index < -0.39 is 0 Å². The molecule has 0 bridgehead atoms. The first-order chi connectivity index (χ1) is 0. The fourth-order valence-corrected chi connectivity index (χ4v) is 0. The largest absolute Gasteiger partial charge is 6.00 e. The molecule has 0 atom stereocenters. The van der Waals surface area contributed by atoms with Crippen LogP contribution in [0.25, 0.3) is 0 Å². The van der Waals surface area contributed by atoms with Gasteiger partial charge in [-0.25, -0.2) is 0 Å². The minimum absolute atomic E-state index is 0. The van der Waals surface area contributed by atoms with E-state index in [0.717, 1.165) is 0 Å². The average molecular weight is 342 g/mol. The summed E-state index contributed by atoms with van der Waals surface area (Å²) in [6.45, 7) is 0. The van der Waals surface area contributed by atoms with Crippen molar-refractivity contribution in [3.05, 3.63) is 0 Å². The van der Waals surface area contributed by atoms with Crippen LogP contribution in [0.15, 0.2) is 0 Å². The monoisotopic (exact) mass is 340 g/mol. The maximum atomic E-state index is 0. The zero-order valence-electron chi connectivity index (χ0n) is 2.33. The molecule has 0 saturated heterocycles. The number of hydrogen-bond donors (Lipinski definition) is 0. The second-order valence-corrected chi connectivity index (χ2v) is 0. The van der Waals surface area contributed by atoms with Crippen molar-refractivity contribution >= 4 is 0 Å². The van der Waals surface area contributed by atoms with E-state index in [2.05, 4.69) is 0 Å². The van der Waals surface area contributed by atoms with E-state index in [-0.39, 0.29) is 76.2 Å². The summed E-state index contributed by atoms with van der Waals surface area (Å²) in [5, 5.41) is 0. The second kappa shape index (κ2) is 70.2. The molecule has 0 aromatic rings. The minimum atomic E-state index is 0. The summed E-state index contributed by atoms with van der Waals surface area (Å²) in [5.41, 5.74) is 0. The third kappa shape index (κ3) is 41.1. The van der Waals surface area contributed by atoms with Crippen molar-refractivity contribution in [1.29, 1.82) is 0 Å². The van der Waals surface area contributed by atoms with Gasteiger partial charge in [0.25, 0.3) is 0 Å². The Morgan fingerprint density at radius 2 is 0.500 bits per heavy atom. The minimum Gasteiger partial charge on any atom is -2.00 e. The standard InChI is InChI=1S/4ClH.O.W/h4*1H;;/q;;;;-2;+6/p-4. The van der Waals surface area contributed by atoms with Gasteiger partial charge in [-0.3, -0.25) is 0 Å². The molecule has 6 heavy (non-hydrogen) atoms. The Morgan fingerprint density at radius 1 is 0.500 bits per heavy atom. The molecule has 0 aliphatic carbocycles. The van der Waals surface area contributed by atoms with Crippen LogP contribution in [0, 0.1) is 0 Å². The first kappa shape index (κ1) is 111. The third-order valence-corrected chi connectivity index (χ3v) is 0. The summed E-state index contributed by atoms with van der Waals surface area (Å²) in [6, 6.07) is 0. The van der Waals surface area contributed by atoms with Crippen LogP contribution in [0.4, 0.5) is 0 Å². The zero-order chi connectivity index (χ0) is 0. The predicted octanol–water partition coefficient (Wildman–Crippen LogP) is -12.1. The smallest absolute Gasteiger partial charge is 2.00 e. The van der Waals surface area contributed by atoms with Gasteiger partial charge in [-0.15, -0.1) is 0 Å². The van der Waals surface area contributed by atoms with E-state index >= 15 is 0 Å². The van der Waals surface area contributed by atoms with E-state index in [1.807, 2.05) is 0 Å². The summed E-state index contributed by atoms with van der Waals surface area (Å²) in [4.78, 5) is 0. The first-order valence-electron chi connectivity index (χ1n) is 0. The molecule has 0 aromatic heterocycles. The van der Waals surface area contributed by atoms with Crippen LogP contribution in [0.1, 0.15) is 0 Å². The number of halogens is 4. The summed E-state index contributed by atoms with van der Waals surface area (Å²) in [5.74, 6) is 0. The van der Waals surface area contributed by atoms with Gasteiger partial charge in [-0.1, -0.05) is 0 Å². The molecule has 0 aromatic carbocycles. The number of hydrogen-bond acceptors (Lipinski definition) is 0. The van der Waals surface area contributed by atoms with Gasteiger partial charge in [-0.2, -0.15) is 0 Å². The van der Waals surface area contributed by atoms with Crippen LogP contribution in [0.3, 0.4) is 0 Å². The van der Waals surface area contributed by atoms with Crippen molar-refractivity contribution in [3.63, 3.8) is 0 Å². The van der Waals surface area contributed by atoms with E-state index in [1.54, 1.807) is 0 Å². The molecule has 0 unspecified atom stereocenters. The Kier molecular flexibility index (Phi) is 1300. The van der Waals surface area contributed by atoms with Crippen molar-refractivity contribution < 1.29 is 76.2 Å². The molecule has 0 rings (SSSR count). The SMILES string of the molecule is [Cl-].[Cl-].[Cl-].[Cl-].[O-2].[W+6]. The van der Waals surface area contributed by atoms with Gasteiger partial charge in [0.2, 0.25) is 0 Å². The molecule has 0 amide bonds. The fourth-order valence-electron chi connectivity index (χ4n) is 0. The Labute approximate surface area is 75.8 Å². The maximum Gasteiger partial charge on any atom is 6.00 e. The normalized spacial score (nSPS) is 0. The van der Waals surface area contributed by atoms with Crippen molar-refractivity contribution in [2.75, 3.05) is 0 Å². The van der Waals surface area contributed by atoms with Gasteiger partial charge in [-0.05, 0) is 0 Å². The Morgan fingerprint density at radius 3 is 0.500 bits per heavy atom. The van der Waals surface area contributed by atoms with E-state index in [1.165, 1.54) is 0 Å². The van der Waals surface area contributed by atoms with Gasteiger partial charge in [0, 0.05) is 0 Å². The van der Waals surface area contributed by atoms with E-state index in [4.69, 9.17) is 0 Å². The average Bonchev–Trinajstić information content (AvgIpc) is 0. The quantitative estimate of drug-likeness (QED) is 0.419. The predicted molar refractivity (Wildman–Crippen MR) is 0.686 cm³/mol. The van der Waals surface area contributed by atoms with Gasteiger partial charge >= 0.3 is 21.1 Å². The molecule has 6 heteroatoms. The van der Waals surface area contributed by atoms with Crippen LogP contribution >= 0.6 is 0 Å². The summed E-state index contributed by atoms with van der Waals surface area (Å²) >= 11 is 0. The second-order valence-electron chi connectivity index (χ2n) is 0. The summed E-state index contributed by atoms with van der Waals surface area (Å²) in [7, 11) is 0. The van der Waals surface area contributed by atoms with Crippen molar-refractivity contribution in [2.24, 2.45) is 0 Å². The molecule has 0 aliphatic rings. The van der Waals surface area contributed by atoms with Crippen LogP contribution < -0.4 is 49.6 Å². The van der Waals surface area contributed by atoms with Crippen molar-refractivity contribution in [2.45, 2.75) is 0 Å². The molecule has 1 nitrogen and oxygen atoms in total. The zero-order valence-corrected chi connectivity index (χ0v) is 8.29. The Hall–Kier alpha value is 1.81. The molecule has 0 radical (unpaired) electrons. The van der Waals surface area contributed by atoms with Crippen LogP contribution in [-0.4, -0.2) is 0 Å². The Bertz CT molecular complexity index is 7.51. The van der Waals surface area contributed by atoms with E-state index in [0.29, 0.717) is 0 Å². The molecule has 0 aliphatic heterocycles. The maximum absolute atomic E-state index is 0. The number of rotatable bonds is 0. The van der Waals surface area contributed by atoms with Crippen LogP contribution in [-0.2, 0) is 26.5 Å². The van der Waals surface area contributed by atoms with Crippen molar-refractivity contribution in [3.8, 4) is 0 Å². The molecule has 0 saturated carbocycles. The molecule has 40 valence electrons. The van der Waals surface area contributed by atoms with E-state index in [9.17, 15) is 0 Å². The molecule has 0 spiro atoms. The topological polar surface area (TPSA) is 28.5 Å². The van der Waals surface area contributed by atoms with Gasteiger partial charge in [0.15, 0.2) is 0 Å². The van der Waals surface area contributed by atoms with Gasteiger partial charge in [0.1, 0.15) is 0 Å². The molecule has 0 N–H and O–H groups in total. The summed E-state index contributed by atoms with van der Waals surface area (Å²) in [6.07, 6.45) is 0. The molecule has 0 heterocycles. The fraction of sp³-hybridized carbons (Fsp3) is 0. The third-order valence-electron chi connectivity index (χ3n) is 0. The van der Waals surface area contributed by atoms with Crippen LogP contribution in [0.5, 0.6) is 0 Å². The molecular formula is Cl4OW. The van der Waals surface area contributed by atoms with Gasteiger partial charge < -0.3 is 55.1 Å². The first-order valence-corrected chi connectivity index (χ1v) is 0. The molecule has 0 fully saturated rings. The van der Waals surface area contributed by atoms with Crippen LogP contribution in [0.2, 0.25) is 0 Å². The Balaban J connectivity index is 0.